The largest absolute Gasteiger partial charge is 0.407 e. The smallest absolute Gasteiger partial charge is 0.316 e. The molecule has 7 heteroatoms. The quantitative estimate of drug-likeness (QED) is 0.752. The molecule has 19 heavy (non-hydrogen) atoms. The fraction of sp³-hybridized carbons (Fsp3) is 0.750. The van der Waals surface area contributed by atoms with Gasteiger partial charge >= 0.3 is 6.01 Å². The highest BCUT2D eigenvalue weighted by Gasteiger charge is 2.22. The van der Waals surface area contributed by atoms with Crippen molar-refractivity contribution in [3.05, 3.63) is 5.89 Å². The first kappa shape index (κ1) is 13.8. The fourth-order valence-corrected chi connectivity index (χ4v) is 1.64. The first-order valence-corrected chi connectivity index (χ1v) is 6.67. The SMILES string of the molecule is CCN(C)C(=O)C(C)Nc1nnc(CNC2CC2)o1. The predicted molar refractivity (Wildman–Crippen MR) is 70.6 cm³/mol. The molecule has 0 radical (unpaired) electrons. The van der Waals surface area contributed by atoms with Gasteiger partial charge in [0.1, 0.15) is 6.04 Å². The molecule has 2 N–H and O–H groups in total. The normalized spacial score (nSPS) is 16.2. The summed E-state index contributed by atoms with van der Waals surface area (Å²) in [5.74, 6) is 0.538. The van der Waals surface area contributed by atoms with Crippen LogP contribution in [0.1, 0.15) is 32.6 Å². The van der Waals surface area contributed by atoms with Crippen molar-refractivity contribution in [2.45, 2.75) is 45.3 Å². The van der Waals surface area contributed by atoms with Crippen molar-refractivity contribution in [2.75, 3.05) is 18.9 Å². The molecule has 0 saturated heterocycles. The number of hydrogen-bond donors (Lipinski definition) is 2. The number of carbonyl (C=O) groups is 1. The molecule has 106 valence electrons. The second-order valence-electron chi connectivity index (χ2n) is 4.87. The molecular formula is C12H21N5O2. The van der Waals surface area contributed by atoms with E-state index in [1.165, 1.54) is 12.8 Å². The van der Waals surface area contributed by atoms with Gasteiger partial charge in [0.25, 0.3) is 0 Å². The highest BCUT2D eigenvalue weighted by Crippen LogP contribution is 2.19. The lowest BCUT2D eigenvalue weighted by Gasteiger charge is -2.19. The van der Waals surface area contributed by atoms with E-state index in [-0.39, 0.29) is 18.0 Å². The first-order valence-electron chi connectivity index (χ1n) is 6.67. The van der Waals surface area contributed by atoms with Crippen molar-refractivity contribution in [2.24, 2.45) is 0 Å². The fourth-order valence-electron chi connectivity index (χ4n) is 1.64. The molecule has 7 nitrogen and oxygen atoms in total. The minimum Gasteiger partial charge on any atom is -0.407 e. The molecule has 1 fully saturated rings. The Morgan fingerprint density at radius 3 is 2.89 bits per heavy atom. The van der Waals surface area contributed by atoms with Gasteiger partial charge < -0.3 is 20.0 Å². The van der Waals surface area contributed by atoms with Crippen molar-refractivity contribution in [1.82, 2.24) is 20.4 Å². The van der Waals surface area contributed by atoms with E-state index in [4.69, 9.17) is 4.42 Å². The molecule has 0 aromatic carbocycles. The van der Waals surface area contributed by atoms with Gasteiger partial charge in [-0.3, -0.25) is 4.79 Å². The summed E-state index contributed by atoms with van der Waals surface area (Å²) in [4.78, 5) is 13.5. The Kier molecular flexibility index (Phi) is 4.36. The number of amides is 1. The van der Waals surface area contributed by atoms with E-state index < -0.39 is 0 Å². The predicted octanol–water partition coefficient (Wildman–Crippen LogP) is 0.600. The van der Waals surface area contributed by atoms with Gasteiger partial charge in [-0.15, -0.1) is 5.10 Å². The molecule has 1 saturated carbocycles. The lowest BCUT2D eigenvalue weighted by molar-refractivity contribution is -0.130. The highest BCUT2D eigenvalue weighted by atomic mass is 16.4. The average molecular weight is 267 g/mol. The summed E-state index contributed by atoms with van der Waals surface area (Å²) < 4.78 is 5.43. The van der Waals surface area contributed by atoms with Gasteiger partial charge in [-0.2, -0.15) is 0 Å². The third-order valence-electron chi connectivity index (χ3n) is 3.15. The van der Waals surface area contributed by atoms with Crippen molar-refractivity contribution < 1.29 is 9.21 Å². The van der Waals surface area contributed by atoms with Crippen LogP contribution >= 0.6 is 0 Å². The van der Waals surface area contributed by atoms with Crippen LogP contribution < -0.4 is 10.6 Å². The molecule has 0 bridgehead atoms. The number of aromatic nitrogens is 2. The zero-order valence-corrected chi connectivity index (χ0v) is 11.6. The minimum atomic E-state index is -0.380. The molecule has 1 heterocycles. The van der Waals surface area contributed by atoms with Crippen LogP contribution in [0.25, 0.3) is 0 Å². The number of rotatable bonds is 7. The maximum atomic E-state index is 11.9. The summed E-state index contributed by atoms with van der Waals surface area (Å²) >= 11 is 0. The molecule has 1 unspecified atom stereocenters. The zero-order valence-electron chi connectivity index (χ0n) is 11.6. The summed E-state index contributed by atoms with van der Waals surface area (Å²) in [6.45, 7) is 4.96. The van der Waals surface area contributed by atoms with Crippen molar-refractivity contribution in [3.8, 4) is 0 Å². The number of nitrogens with zero attached hydrogens (tertiary/aromatic N) is 3. The topological polar surface area (TPSA) is 83.3 Å². The van der Waals surface area contributed by atoms with E-state index in [2.05, 4.69) is 20.8 Å². The Hall–Kier alpha value is -1.63. The number of hydrogen-bond acceptors (Lipinski definition) is 6. The van der Waals surface area contributed by atoms with Crippen LogP contribution in [-0.2, 0) is 11.3 Å². The summed E-state index contributed by atoms with van der Waals surface area (Å²) in [6, 6.07) is 0.509. The van der Waals surface area contributed by atoms with Gasteiger partial charge in [-0.25, -0.2) is 0 Å². The van der Waals surface area contributed by atoms with Crippen LogP contribution in [0, 0.1) is 0 Å². The number of carbonyl (C=O) groups excluding carboxylic acids is 1. The van der Waals surface area contributed by atoms with Crippen LogP contribution in [-0.4, -0.2) is 46.7 Å². The van der Waals surface area contributed by atoms with Gasteiger partial charge in [-0.05, 0) is 26.7 Å². The maximum absolute atomic E-state index is 11.9. The Bertz CT molecular complexity index is 430. The van der Waals surface area contributed by atoms with Crippen molar-refractivity contribution in [1.29, 1.82) is 0 Å². The van der Waals surface area contributed by atoms with E-state index in [9.17, 15) is 4.79 Å². The van der Waals surface area contributed by atoms with Gasteiger partial charge in [0.2, 0.25) is 11.8 Å². The number of nitrogens with one attached hydrogen (secondary N) is 2. The van der Waals surface area contributed by atoms with Gasteiger partial charge in [0.15, 0.2) is 0 Å². The second-order valence-corrected chi connectivity index (χ2v) is 4.87. The third kappa shape index (κ3) is 3.92. The molecule has 2 rings (SSSR count). The first-order chi connectivity index (χ1) is 9.10. The summed E-state index contributed by atoms with van der Waals surface area (Å²) in [7, 11) is 1.76. The lowest BCUT2D eigenvalue weighted by atomic mass is 10.3. The average Bonchev–Trinajstić information content (AvgIpc) is 3.14. The van der Waals surface area contributed by atoms with Crippen LogP contribution in [0.4, 0.5) is 6.01 Å². The minimum absolute atomic E-state index is 0.00152. The van der Waals surface area contributed by atoms with Crippen LogP contribution in [0.15, 0.2) is 4.42 Å². The van der Waals surface area contributed by atoms with Crippen molar-refractivity contribution in [3.63, 3.8) is 0 Å². The Morgan fingerprint density at radius 1 is 1.53 bits per heavy atom. The molecule has 0 aliphatic heterocycles. The summed E-state index contributed by atoms with van der Waals surface area (Å²) in [5.41, 5.74) is 0. The monoisotopic (exact) mass is 267 g/mol. The van der Waals surface area contributed by atoms with Gasteiger partial charge in [0.05, 0.1) is 6.54 Å². The molecule has 1 aromatic heterocycles. The Balaban J connectivity index is 1.82. The van der Waals surface area contributed by atoms with Gasteiger partial charge in [-0.1, -0.05) is 5.10 Å². The Labute approximate surface area is 112 Å². The van der Waals surface area contributed by atoms with E-state index >= 15 is 0 Å². The van der Waals surface area contributed by atoms with Gasteiger partial charge in [0, 0.05) is 19.6 Å². The molecule has 1 aliphatic rings. The molecule has 1 atom stereocenters. The maximum Gasteiger partial charge on any atom is 0.316 e. The van der Waals surface area contributed by atoms with Crippen LogP contribution in [0.2, 0.25) is 0 Å². The van der Waals surface area contributed by atoms with Crippen LogP contribution in [0.5, 0.6) is 0 Å². The Morgan fingerprint density at radius 2 is 2.26 bits per heavy atom. The second kappa shape index (κ2) is 6.01. The number of likely N-dealkylation sites (N-methyl/N-ethyl adjacent to an activating group) is 1. The lowest BCUT2D eigenvalue weighted by Crippen LogP contribution is -2.38. The van der Waals surface area contributed by atoms with Crippen molar-refractivity contribution >= 4 is 11.9 Å². The molecule has 1 aliphatic carbocycles. The van der Waals surface area contributed by atoms with E-state index in [1.807, 2.05) is 6.92 Å². The van der Waals surface area contributed by atoms with E-state index in [0.717, 1.165) is 0 Å². The van der Waals surface area contributed by atoms with E-state index in [0.29, 0.717) is 25.0 Å². The molecule has 0 spiro atoms. The zero-order chi connectivity index (χ0) is 13.8. The molecule has 1 amide bonds. The van der Waals surface area contributed by atoms with E-state index in [1.54, 1.807) is 18.9 Å². The standard InChI is InChI=1S/C12H21N5O2/c1-4-17(3)11(18)8(2)14-12-16-15-10(19-12)7-13-9-5-6-9/h8-9,13H,4-7H2,1-3H3,(H,14,16). The highest BCUT2D eigenvalue weighted by molar-refractivity contribution is 5.83. The summed E-state index contributed by atoms with van der Waals surface area (Å²) in [6.07, 6.45) is 2.43. The van der Waals surface area contributed by atoms with Crippen LogP contribution in [0.3, 0.4) is 0 Å². The third-order valence-corrected chi connectivity index (χ3v) is 3.15. The molecular weight excluding hydrogens is 246 g/mol. The number of anilines is 1. The summed E-state index contributed by atoms with van der Waals surface area (Å²) in [5, 5.41) is 14.0. The molecule has 1 aromatic rings.